The lowest BCUT2D eigenvalue weighted by Crippen LogP contribution is -2.76. The van der Waals surface area contributed by atoms with Crippen LogP contribution in [0.15, 0.2) is 12.2 Å². The van der Waals surface area contributed by atoms with Gasteiger partial charge >= 0.3 is 0 Å². The summed E-state index contributed by atoms with van der Waals surface area (Å²) in [5.74, 6) is 0. The highest BCUT2D eigenvalue weighted by molar-refractivity contribution is 7.26. The maximum Gasteiger partial charge on any atom is 0.230 e. The van der Waals surface area contributed by atoms with Gasteiger partial charge in [0.25, 0.3) is 0 Å². The molecule has 0 aliphatic carbocycles. The van der Waals surface area contributed by atoms with Gasteiger partial charge in [-0.15, -0.1) is 28.7 Å². The first-order chi connectivity index (χ1) is 18.5. The first kappa shape index (κ1) is 45.1. The van der Waals surface area contributed by atoms with E-state index in [0.717, 1.165) is 12.1 Å². The summed E-state index contributed by atoms with van der Waals surface area (Å²) >= 11 is 16.1. The van der Waals surface area contributed by atoms with Gasteiger partial charge in [0.05, 0.1) is 0 Å². The molecule has 0 aromatic carbocycles. The van der Waals surface area contributed by atoms with Crippen molar-refractivity contribution >= 4 is 53.7 Å². The van der Waals surface area contributed by atoms with Crippen molar-refractivity contribution in [1.29, 1.82) is 0 Å². The second-order valence-corrected chi connectivity index (χ2v) is 46.8. The molecule has 0 aliphatic rings. The number of nitrogens with one attached hydrogen (secondary N) is 2. The van der Waals surface area contributed by atoms with Crippen LogP contribution in [0.4, 0.5) is 0 Å². The normalized spacial score (nSPS) is 16.4. The quantitative estimate of drug-likeness (QED) is 0.148. The molecule has 0 aromatic heterocycles. The molecule has 0 spiro atoms. The molecule has 0 unspecified atom stereocenters. The summed E-state index contributed by atoms with van der Waals surface area (Å²) in [6.07, 6.45) is 0. The molecule has 0 radical (unpaired) electrons. The lowest BCUT2D eigenvalue weighted by Gasteiger charge is -2.62. The Labute approximate surface area is 292 Å². The van der Waals surface area contributed by atoms with E-state index in [4.69, 9.17) is 28.7 Å². The van der Waals surface area contributed by atoms with Crippen molar-refractivity contribution in [3.05, 3.63) is 12.2 Å². The maximum absolute atomic E-state index is 8.05. The summed E-state index contributed by atoms with van der Waals surface area (Å²) in [5.41, 5.74) is 1.38. The summed E-state index contributed by atoms with van der Waals surface area (Å²) in [6, 6.07) is 2.02. The second-order valence-electron chi connectivity index (χ2n) is 22.5. The lowest BCUT2D eigenvalue weighted by molar-refractivity contribution is 0.567. The van der Waals surface area contributed by atoms with Crippen LogP contribution in [-0.2, 0) is 0 Å². The average molecular weight is 724 g/mol. The topological polar surface area (TPSA) is 24.1 Å². The number of rotatable bonds is 8. The third kappa shape index (κ3) is 8.45. The zero-order valence-electron chi connectivity index (χ0n) is 34.4. The van der Waals surface area contributed by atoms with Gasteiger partial charge in [-0.05, 0) is 52.4 Å². The van der Waals surface area contributed by atoms with Gasteiger partial charge in [-0.2, -0.15) is 0 Å². The maximum atomic E-state index is 8.05. The van der Waals surface area contributed by atoms with E-state index in [9.17, 15) is 0 Å². The molecular weight excluding hydrogens is 644 g/mol. The fourth-order valence-corrected chi connectivity index (χ4v) is 42.0. The van der Waals surface area contributed by atoms with Gasteiger partial charge in [0.1, 0.15) is 16.5 Å². The summed E-state index contributed by atoms with van der Waals surface area (Å²) < 4.78 is 9.11. The molecule has 0 fully saturated rings. The number of allylic oxidation sites excluding steroid dienone is 1. The van der Waals surface area contributed by atoms with E-state index in [0.29, 0.717) is 0 Å². The Morgan fingerprint density at radius 2 is 0.545 bits per heavy atom. The molecule has 0 saturated heterocycles. The summed E-state index contributed by atoms with van der Waals surface area (Å²) in [7, 11) is -9.97. The van der Waals surface area contributed by atoms with Crippen LogP contribution in [0.3, 0.4) is 0 Å². The Kier molecular flexibility index (Phi) is 13.1. The molecule has 2 N–H and O–H groups in total. The highest BCUT2D eigenvalue weighted by Crippen LogP contribution is 2.62. The van der Waals surface area contributed by atoms with E-state index >= 15 is 0 Å². The Balaban J connectivity index is 7.71. The van der Waals surface area contributed by atoms with Crippen LogP contribution in [0.1, 0.15) is 166 Å². The van der Waals surface area contributed by atoms with Crippen LogP contribution >= 0.6 is 22.2 Å². The molecule has 0 atom stereocenters. The van der Waals surface area contributed by atoms with Crippen LogP contribution in [0, 0.1) is 0 Å². The first-order valence-electron chi connectivity index (χ1n) is 17.1. The molecule has 0 rings (SSSR count). The molecule has 0 aliphatic heterocycles. The van der Waals surface area contributed by atoms with E-state index in [1.165, 1.54) is 5.57 Å². The van der Waals surface area contributed by atoms with E-state index in [-0.39, 0.29) is 40.3 Å². The second kappa shape index (κ2) is 12.8. The summed E-state index contributed by atoms with van der Waals surface area (Å²) in [4.78, 5) is 0. The van der Waals surface area contributed by atoms with Crippen molar-refractivity contribution in [2.75, 3.05) is 0 Å². The molecule has 0 heterocycles. The summed E-state index contributed by atoms with van der Waals surface area (Å²) in [5, 5.41) is 0.126. The van der Waals surface area contributed by atoms with Crippen LogP contribution < -0.4 is 9.30 Å². The largest absolute Gasteiger partial charge is 0.345 e. The van der Waals surface area contributed by atoms with Crippen molar-refractivity contribution in [2.45, 2.75) is 219 Å². The fraction of sp³-hybridized carbons (Fsp3) is 0.944. The molecule has 0 saturated carbocycles. The van der Waals surface area contributed by atoms with Crippen LogP contribution in [-0.4, -0.2) is 31.6 Å². The number of hydrogen-bond donors (Lipinski definition) is 2. The Morgan fingerprint density at radius 3 is 0.659 bits per heavy atom. The zero-order chi connectivity index (χ0) is 36.4. The van der Waals surface area contributed by atoms with Crippen molar-refractivity contribution in [3.63, 3.8) is 0 Å². The van der Waals surface area contributed by atoms with Gasteiger partial charge in [0.15, 0.2) is 0 Å². The van der Waals surface area contributed by atoms with E-state index in [2.05, 4.69) is 175 Å². The number of halogens is 2. The molecule has 0 amide bonds. The monoisotopic (exact) mass is 722 g/mol. The predicted octanol–water partition coefficient (Wildman–Crippen LogP) is 14.4. The lowest BCUT2D eigenvalue weighted by atomic mass is 10.2. The van der Waals surface area contributed by atoms with E-state index in [1.54, 1.807) is 0 Å². The van der Waals surface area contributed by atoms with Gasteiger partial charge in [-0.3, -0.25) is 0 Å². The fourth-order valence-electron chi connectivity index (χ4n) is 8.55. The Bertz CT molecular complexity index is 861. The minimum Gasteiger partial charge on any atom is -0.345 e. The molecule has 2 nitrogen and oxygen atoms in total. The van der Waals surface area contributed by atoms with E-state index in [1.807, 2.05) is 0 Å². The minimum absolute atomic E-state index is 0.0248. The highest BCUT2D eigenvalue weighted by Gasteiger charge is 2.65. The zero-order valence-corrected chi connectivity index (χ0v) is 39.9. The van der Waals surface area contributed by atoms with Crippen molar-refractivity contribution < 1.29 is 0 Å². The van der Waals surface area contributed by atoms with Crippen molar-refractivity contribution in [1.82, 2.24) is 9.30 Å². The van der Waals surface area contributed by atoms with Crippen molar-refractivity contribution in [2.24, 2.45) is 0 Å². The van der Waals surface area contributed by atoms with E-state index < -0.39 is 31.6 Å². The van der Waals surface area contributed by atoms with Crippen LogP contribution in [0.5, 0.6) is 0 Å². The standard InChI is InChI=1S/C36H80Cl2N2Si4/c1-28(26-41(29(2,3)4,30(5,6)7)39-43(37,33(14,15)16)34(17,18)19)27-42(31(8,9)10,32(11,12)13)40-44(38,35(20,21)22)36(23,24)25/h39-40H,1,26-27H2,2-25H3. The van der Waals surface area contributed by atoms with Gasteiger partial charge in [0.2, 0.25) is 15.1 Å². The van der Waals surface area contributed by atoms with Gasteiger partial charge in [0, 0.05) is 0 Å². The molecular formula is C36H80Cl2N2Si4. The van der Waals surface area contributed by atoms with Crippen LogP contribution in [0.25, 0.3) is 0 Å². The van der Waals surface area contributed by atoms with Gasteiger partial charge in [-0.1, -0.05) is 172 Å². The third-order valence-corrected chi connectivity index (χ3v) is 46.3. The Hall–Kier alpha value is 1.11. The SMILES string of the molecule is C=C(C[Si](N[Si](Cl)(C(C)(C)C)C(C)(C)C)(C(C)(C)C)C(C)(C)C)C[Si](N[Si](Cl)(C(C)(C)C)C(C)(C)C)(C(C)(C)C)C(C)(C)C. The molecule has 0 aromatic rings. The molecule has 44 heavy (non-hydrogen) atoms. The molecule has 8 heteroatoms. The molecule has 0 bridgehead atoms. The highest BCUT2D eigenvalue weighted by atomic mass is 35.6. The van der Waals surface area contributed by atoms with Crippen molar-refractivity contribution in [3.8, 4) is 0 Å². The smallest absolute Gasteiger partial charge is 0.230 e. The minimum atomic E-state index is -2.57. The average Bonchev–Trinajstić information content (AvgIpc) is 2.65. The predicted molar refractivity (Wildman–Crippen MR) is 217 cm³/mol. The Morgan fingerprint density at radius 1 is 0.386 bits per heavy atom. The van der Waals surface area contributed by atoms with Crippen LogP contribution in [0.2, 0.25) is 52.4 Å². The third-order valence-electron chi connectivity index (χ3n) is 11.1. The molecule has 264 valence electrons. The van der Waals surface area contributed by atoms with Gasteiger partial charge in [-0.25, -0.2) is 0 Å². The number of hydrogen-bond acceptors (Lipinski definition) is 2. The summed E-state index contributed by atoms with van der Waals surface area (Å²) in [6.45, 7) is 62.9. The van der Waals surface area contributed by atoms with Gasteiger partial charge < -0.3 is 9.30 Å². The first-order valence-corrected chi connectivity index (χ1v) is 27.6.